The fourth-order valence-corrected chi connectivity index (χ4v) is 3.14. The molecule has 8 heteroatoms. The first-order valence-corrected chi connectivity index (χ1v) is 10.5. The number of nitrogens with one attached hydrogen (secondary N) is 2. The molecule has 27 heavy (non-hydrogen) atoms. The molecule has 0 spiro atoms. The normalized spacial score (nSPS) is 12.6. The molecule has 148 valence electrons. The van der Waals surface area contributed by atoms with Crippen molar-refractivity contribution in [2.75, 3.05) is 24.6 Å². The number of hydrogen-bond acceptors (Lipinski definition) is 6. The van der Waals surface area contributed by atoms with Crippen LogP contribution in [0, 0.1) is 0 Å². The number of hydrogen-bond donors (Lipinski definition) is 4. The number of sulfonamides is 1. The van der Waals surface area contributed by atoms with Crippen LogP contribution in [0.15, 0.2) is 42.5 Å². The molecular weight excluding hydrogens is 368 g/mol. The molecule has 0 saturated carbocycles. The summed E-state index contributed by atoms with van der Waals surface area (Å²) < 4.78 is 30.0. The summed E-state index contributed by atoms with van der Waals surface area (Å²) in [5, 5.41) is 23.1. The Labute approximate surface area is 160 Å². The van der Waals surface area contributed by atoms with Crippen LogP contribution in [0.3, 0.4) is 0 Å². The van der Waals surface area contributed by atoms with Gasteiger partial charge in [-0.3, -0.25) is 4.72 Å². The van der Waals surface area contributed by atoms with E-state index in [1.807, 2.05) is 24.3 Å². The molecule has 0 heterocycles. The number of methoxy groups -OCH3 is 1. The van der Waals surface area contributed by atoms with Gasteiger partial charge >= 0.3 is 0 Å². The molecule has 2 aromatic rings. The van der Waals surface area contributed by atoms with Gasteiger partial charge in [-0.15, -0.1) is 0 Å². The molecule has 4 N–H and O–H groups in total. The Morgan fingerprint density at radius 1 is 1.11 bits per heavy atom. The molecule has 7 nitrogen and oxygen atoms in total. The maximum atomic E-state index is 11.3. The molecular formula is C19H26N2O5S. The van der Waals surface area contributed by atoms with Gasteiger partial charge in [-0.2, -0.15) is 0 Å². The van der Waals surface area contributed by atoms with Crippen molar-refractivity contribution in [2.24, 2.45) is 0 Å². The highest BCUT2D eigenvalue weighted by atomic mass is 32.2. The van der Waals surface area contributed by atoms with Crippen LogP contribution in [0.5, 0.6) is 11.5 Å². The Kier molecular flexibility index (Phi) is 7.46. The van der Waals surface area contributed by atoms with Crippen molar-refractivity contribution >= 4 is 15.7 Å². The number of anilines is 1. The van der Waals surface area contributed by atoms with Crippen LogP contribution < -0.4 is 14.8 Å². The summed E-state index contributed by atoms with van der Waals surface area (Å²) in [5.74, 6) is 0.670. The van der Waals surface area contributed by atoms with Crippen LogP contribution in [0.2, 0.25) is 0 Å². The van der Waals surface area contributed by atoms with Gasteiger partial charge in [0.2, 0.25) is 10.0 Å². The van der Waals surface area contributed by atoms with Crippen LogP contribution >= 0.6 is 0 Å². The van der Waals surface area contributed by atoms with Gasteiger partial charge in [0.05, 0.1) is 25.2 Å². The van der Waals surface area contributed by atoms with E-state index in [9.17, 15) is 18.6 Å². The predicted octanol–water partition coefficient (Wildman–Crippen LogP) is 1.86. The summed E-state index contributed by atoms with van der Waals surface area (Å²) >= 11 is 0. The first-order valence-electron chi connectivity index (χ1n) is 8.58. The molecule has 0 aliphatic carbocycles. The summed E-state index contributed by atoms with van der Waals surface area (Å²) in [7, 11) is -1.84. The van der Waals surface area contributed by atoms with Crippen molar-refractivity contribution in [1.82, 2.24) is 5.32 Å². The molecule has 0 fully saturated rings. The Bertz CT molecular complexity index is 838. The minimum Gasteiger partial charge on any atom is -0.506 e. The van der Waals surface area contributed by atoms with E-state index in [-0.39, 0.29) is 11.4 Å². The summed E-state index contributed by atoms with van der Waals surface area (Å²) in [6.45, 7) is 1.08. The van der Waals surface area contributed by atoms with E-state index in [0.29, 0.717) is 25.9 Å². The highest BCUT2D eigenvalue weighted by Crippen LogP contribution is 2.25. The van der Waals surface area contributed by atoms with E-state index in [4.69, 9.17) is 4.74 Å². The van der Waals surface area contributed by atoms with Crippen LogP contribution in [0.1, 0.15) is 17.5 Å². The number of aryl methyl sites for hydroxylation is 1. The van der Waals surface area contributed by atoms with Crippen LogP contribution in [-0.4, -0.2) is 44.6 Å². The van der Waals surface area contributed by atoms with E-state index in [2.05, 4.69) is 10.0 Å². The monoisotopic (exact) mass is 394 g/mol. The number of aliphatic hydroxyl groups is 1. The fraction of sp³-hybridized carbons (Fsp3) is 0.368. The summed E-state index contributed by atoms with van der Waals surface area (Å²) in [5.41, 5.74) is 2.06. The first-order chi connectivity index (χ1) is 12.8. The first kappa shape index (κ1) is 21.0. The molecule has 0 radical (unpaired) electrons. The summed E-state index contributed by atoms with van der Waals surface area (Å²) in [6.07, 6.45) is 1.56. The van der Waals surface area contributed by atoms with Gasteiger partial charge in [0.1, 0.15) is 11.5 Å². The minimum absolute atomic E-state index is 0.133. The average molecular weight is 394 g/mol. The molecule has 2 aromatic carbocycles. The zero-order valence-electron chi connectivity index (χ0n) is 15.5. The Balaban J connectivity index is 1.79. The van der Waals surface area contributed by atoms with Gasteiger partial charge in [-0.1, -0.05) is 18.2 Å². The van der Waals surface area contributed by atoms with Crippen molar-refractivity contribution in [3.05, 3.63) is 53.6 Å². The fourth-order valence-electron chi connectivity index (χ4n) is 2.58. The summed E-state index contributed by atoms with van der Waals surface area (Å²) in [4.78, 5) is 0. The van der Waals surface area contributed by atoms with Crippen LogP contribution in [-0.2, 0) is 23.0 Å². The lowest BCUT2D eigenvalue weighted by Crippen LogP contribution is -2.26. The Morgan fingerprint density at radius 2 is 1.78 bits per heavy atom. The number of aromatic hydroxyl groups is 1. The van der Waals surface area contributed by atoms with E-state index in [1.165, 1.54) is 6.07 Å². The Morgan fingerprint density at radius 3 is 2.41 bits per heavy atom. The van der Waals surface area contributed by atoms with Gasteiger partial charge in [0.25, 0.3) is 0 Å². The third-order valence-corrected chi connectivity index (χ3v) is 4.58. The van der Waals surface area contributed by atoms with E-state index in [1.54, 1.807) is 19.2 Å². The lowest BCUT2D eigenvalue weighted by atomic mass is 10.1. The summed E-state index contributed by atoms with van der Waals surface area (Å²) in [6, 6.07) is 12.4. The molecule has 0 amide bonds. The average Bonchev–Trinajstić information content (AvgIpc) is 2.62. The maximum Gasteiger partial charge on any atom is 0.229 e. The number of phenolic OH excluding ortho intramolecular Hbond substituents is 1. The maximum absolute atomic E-state index is 11.3. The molecule has 0 aliphatic heterocycles. The number of benzene rings is 2. The topological polar surface area (TPSA) is 108 Å². The molecule has 0 aromatic heterocycles. The standard InChI is InChI=1S/C19H26N2O5S/c1-26-17-8-4-15(5-9-17)12-20-13-16(22)7-3-14-6-10-19(23)18(11-14)21-27(2,24)25/h4-6,8-11,16,20-23H,3,7,12-13H2,1-2H3/t16-/m1/s1. The third kappa shape index (κ3) is 7.46. The molecule has 0 bridgehead atoms. The molecule has 0 aliphatic rings. The van der Waals surface area contributed by atoms with Crippen LogP contribution in [0.25, 0.3) is 0 Å². The van der Waals surface area contributed by atoms with Crippen molar-refractivity contribution < 1.29 is 23.4 Å². The quantitative estimate of drug-likeness (QED) is 0.458. The van der Waals surface area contributed by atoms with Crippen LogP contribution in [0.4, 0.5) is 5.69 Å². The van der Waals surface area contributed by atoms with E-state index in [0.717, 1.165) is 23.1 Å². The van der Waals surface area contributed by atoms with Gasteiger partial charge < -0.3 is 20.3 Å². The number of aliphatic hydroxyl groups excluding tert-OH is 1. The molecule has 0 unspecified atom stereocenters. The molecule has 2 rings (SSSR count). The highest BCUT2D eigenvalue weighted by Gasteiger charge is 2.10. The molecule has 1 atom stereocenters. The number of rotatable bonds is 10. The number of phenols is 1. The largest absolute Gasteiger partial charge is 0.506 e. The van der Waals surface area contributed by atoms with Gasteiger partial charge in [0, 0.05) is 13.1 Å². The second-order valence-corrected chi connectivity index (χ2v) is 8.15. The third-order valence-electron chi connectivity index (χ3n) is 3.99. The highest BCUT2D eigenvalue weighted by molar-refractivity contribution is 7.92. The lowest BCUT2D eigenvalue weighted by molar-refractivity contribution is 0.161. The Hall–Kier alpha value is -2.29. The van der Waals surface area contributed by atoms with Crippen molar-refractivity contribution in [1.29, 1.82) is 0 Å². The van der Waals surface area contributed by atoms with E-state index >= 15 is 0 Å². The number of ether oxygens (including phenoxy) is 1. The smallest absolute Gasteiger partial charge is 0.229 e. The molecule has 0 saturated heterocycles. The minimum atomic E-state index is -3.47. The van der Waals surface area contributed by atoms with Crippen molar-refractivity contribution in [2.45, 2.75) is 25.5 Å². The van der Waals surface area contributed by atoms with E-state index < -0.39 is 16.1 Å². The van der Waals surface area contributed by atoms with Gasteiger partial charge in [-0.05, 0) is 48.2 Å². The van der Waals surface area contributed by atoms with Gasteiger partial charge in [-0.25, -0.2) is 8.42 Å². The second kappa shape index (κ2) is 9.59. The SMILES string of the molecule is COc1ccc(CNC[C@H](O)CCc2ccc(O)c(NS(C)(=O)=O)c2)cc1. The lowest BCUT2D eigenvalue weighted by Gasteiger charge is -2.13. The predicted molar refractivity (Wildman–Crippen MR) is 106 cm³/mol. The zero-order valence-corrected chi connectivity index (χ0v) is 16.3. The van der Waals surface area contributed by atoms with Gasteiger partial charge in [0.15, 0.2) is 0 Å². The zero-order chi connectivity index (χ0) is 19.9. The van der Waals surface area contributed by atoms with Crippen molar-refractivity contribution in [3.63, 3.8) is 0 Å². The van der Waals surface area contributed by atoms with Crippen molar-refractivity contribution in [3.8, 4) is 11.5 Å². The second-order valence-electron chi connectivity index (χ2n) is 6.40.